The molecule has 0 radical (unpaired) electrons. The first-order chi connectivity index (χ1) is 3.77. The van der Waals surface area contributed by atoms with Crippen LogP contribution in [0.15, 0.2) is 13.2 Å². The van der Waals surface area contributed by atoms with Gasteiger partial charge in [-0.25, -0.2) is 0 Å². The number of hydrogen-bond donors (Lipinski definition) is 1. The van der Waals surface area contributed by atoms with Crippen LogP contribution in [0, 0.1) is 0 Å². The highest BCUT2D eigenvalue weighted by molar-refractivity contribution is 5.85. The van der Waals surface area contributed by atoms with Crippen molar-refractivity contribution in [2.24, 2.45) is 0 Å². The molecule has 0 saturated heterocycles. The SMILES string of the molecule is C=C.CCCC(=O)O.Cl.Cl. The maximum absolute atomic E-state index is 9.60. The van der Waals surface area contributed by atoms with Crippen LogP contribution in [-0.2, 0) is 4.79 Å². The van der Waals surface area contributed by atoms with Crippen LogP contribution in [0.4, 0.5) is 0 Å². The molecule has 0 aromatic carbocycles. The van der Waals surface area contributed by atoms with E-state index >= 15 is 0 Å². The minimum atomic E-state index is -0.711. The maximum Gasteiger partial charge on any atom is 0.303 e. The van der Waals surface area contributed by atoms with Gasteiger partial charge in [0.25, 0.3) is 0 Å². The van der Waals surface area contributed by atoms with Crippen molar-refractivity contribution in [3.8, 4) is 0 Å². The van der Waals surface area contributed by atoms with Crippen molar-refractivity contribution in [2.45, 2.75) is 19.8 Å². The molecule has 0 spiro atoms. The van der Waals surface area contributed by atoms with Crippen molar-refractivity contribution < 1.29 is 9.90 Å². The van der Waals surface area contributed by atoms with Crippen LogP contribution in [0.2, 0.25) is 0 Å². The number of carbonyl (C=O) groups is 1. The summed E-state index contributed by atoms with van der Waals surface area (Å²) >= 11 is 0. The smallest absolute Gasteiger partial charge is 0.303 e. The van der Waals surface area contributed by atoms with Gasteiger partial charge >= 0.3 is 5.97 Å². The molecule has 0 aromatic heterocycles. The molecular formula is C6H14Cl2O2. The van der Waals surface area contributed by atoms with Gasteiger partial charge in [-0.2, -0.15) is 0 Å². The van der Waals surface area contributed by atoms with E-state index in [9.17, 15) is 4.79 Å². The number of hydrogen-bond acceptors (Lipinski definition) is 1. The van der Waals surface area contributed by atoms with Crippen molar-refractivity contribution >= 4 is 30.8 Å². The lowest BCUT2D eigenvalue weighted by Gasteiger charge is -1.79. The second-order valence-electron chi connectivity index (χ2n) is 1.14. The fourth-order valence-corrected chi connectivity index (χ4v) is 0.214. The van der Waals surface area contributed by atoms with Crippen LogP contribution in [0.3, 0.4) is 0 Å². The molecule has 0 atom stereocenters. The second kappa shape index (κ2) is 23.2. The predicted octanol–water partition coefficient (Wildman–Crippen LogP) is 2.52. The molecule has 0 unspecified atom stereocenters. The summed E-state index contributed by atoms with van der Waals surface area (Å²) in [7, 11) is 0. The molecule has 64 valence electrons. The van der Waals surface area contributed by atoms with E-state index in [1.54, 1.807) is 0 Å². The van der Waals surface area contributed by atoms with Gasteiger partial charge in [-0.15, -0.1) is 38.0 Å². The first-order valence-corrected chi connectivity index (χ1v) is 2.49. The Morgan fingerprint density at radius 2 is 1.70 bits per heavy atom. The Bertz CT molecular complexity index is 66.8. The van der Waals surface area contributed by atoms with Gasteiger partial charge in [0.1, 0.15) is 0 Å². The number of carboxylic acids is 1. The van der Waals surface area contributed by atoms with Crippen LogP contribution in [0.1, 0.15) is 19.8 Å². The van der Waals surface area contributed by atoms with Crippen molar-refractivity contribution in [1.29, 1.82) is 0 Å². The van der Waals surface area contributed by atoms with Crippen molar-refractivity contribution in [2.75, 3.05) is 0 Å². The van der Waals surface area contributed by atoms with Crippen molar-refractivity contribution in [3.05, 3.63) is 13.2 Å². The first-order valence-electron chi connectivity index (χ1n) is 2.49. The summed E-state index contributed by atoms with van der Waals surface area (Å²) in [6.45, 7) is 7.84. The van der Waals surface area contributed by atoms with Gasteiger partial charge in [0, 0.05) is 6.42 Å². The Hall–Kier alpha value is -0.210. The highest BCUT2D eigenvalue weighted by atomic mass is 35.5. The number of halogens is 2. The first kappa shape index (κ1) is 22.6. The zero-order valence-corrected chi connectivity index (χ0v) is 7.63. The van der Waals surface area contributed by atoms with Gasteiger partial charge in [-0.1, -0.05) is 6.92 Å². The van der Waals surface area contributed by atoms with Gasteiger partial charge < -0.3 is 5.11 Å². The summed E-state index contributed by atoms with van der Waals surface area (Å²) in [6, 6.07) is 0. The largest absolute Gasteiger partial charge is 0.481 e. The van der Waals surface area contributed by atoms with E-state index in [1.807, 2.05) is 6.92 Å². The molecule has 10 heavy (non-hydrogen) atoms. The Morgan fingerprint density at radius 1 is 1.40 bits per heavy atom. The highest BCUT2D eigenvalue weighted by Crippen LogP contribution is 1.82. The molecule has 0 bridgehead atoms. The summed E-state index contributed by atoms with van der Waals surface area (Å²) in [5.74, 6) is -0.711. The fourth-order valence-electron chi connectivity index (χ4n) is 0.214. The molecule has 0 fully saturated rings. The Balaban J connectivity index is -0.0000000412. The summed E-state index contributed by atoms with van der Waals surface area (Å²) in [5, 5.41) is 7.91. The van der Waals surface area contributed by atoms with E-state index in [0.29, 0.717) is 6.42 Å². The van der Waals surface area contributed by atoms with Crippen LogP contribution < -0.4 is 0 Å². The van der Waals surface area contributed by atoms with Crippen molar-refractivity contribution in [1.82, 2.24) is 0 Å². The van der Waals surface area contributed by atoms with Crippen LogP contribution in [-0.4, -0.2) is 11.1 Å². The van der Waals surface area contributed by atoms with Gasteiger partial charge in [-0.05, 0) is 6.42 Å². The van der Waals surface area contributed by atoms with Crippen LogP contribution in [0.25, 0.3) is 0 Å². The lowest BCUT2D eigenvalue weighted by molar-refractivity contribution is -0.137. The summed E-state index contributed by atoms with van der Waals surface area (Å²) in [5.41, 5.74) is 0. The normalized spacial score (nSPS) is 5.30. The molecule has 1 N–H and O–H groups in total. The predicted molar refractivity (Wildman–Crippen MR) is 48.3 cm³/mol. The van der Waals surface area contributed by atoms with Crippen LogP contribution in [0.5, 0.6) is 0 Å². The highest BCUT2D eigenvalue weighted by Gasteiger charge is 1.87. The zero-order valence-electron chi connectivity index (χ0n) is 6.00. The lowest BCUT2D eigenvalue weighted by atomic mass is 10.4. The average molecular weight is 189 g/mol. The van der Waals surface area contributed by atoms with E-state index in [1.165, 1.54) is 0 Å². The Labute approximate surface area is 74.1 Å². The molecule has 0 heterocycles. The average Bonchev–Trinajstić information content (AvgIpc) is 1.72. The second-order valence-corrected chi connectivity index (χ2v) is 1.14. The third-order valence-electron chi connectivity index (χ3n) is 0.464. The molecule has 0 amide bonds. The molecule has 4 heteroatoms. The summed E-state index contributed by atoms with van der Waals surface area (Å²) in [4.78, 5) is 9.60. The summed E-state index contributed by atoms with van der Waals surface area (Å²) in [6.07, 6.45) is 1.02. The standard InChI is InChI=1S/C4H8O2.C2H4.2ClH/c1-2-3-4(5)6;1-2;;/h2-3H2,1H3,(H,5,6);1-2H2;2*1H. The fraction of sp³-hybridized carbons (Fsp3) is 0.500. The molecule has 0 saturated carbocycles. The molecule has 2 nitrogen and oxygen atoms in total. The van der Waals surface area contributed by atoms with Crippen LogP contribution >= 0.6 is 24.8 Å². The van der Waals surface area contributed by atoms with E-state index < -0.39 is 5.97 Å². The monoisotopic (exact) mass is 188 g/mol. The zero-order chi connectivity index (χ0) is 6.99. The third kappa shape index (κ3) is 46.1. The third-order valence-corrected chi connectivity index (χ3v) is 0.464. The van der Waals surface area contributed by atoms with E-state index in [-0.39, 0.29) is 24.8 Å². The Kier molecular flexibility index (Phi) is 52.5. The molecule has 0 aliphatic carbocycles. The minimum Gasteiger partial charge on any atom is -0.481 e. The van der Waals surface area contributed by atoms with Gasteiger partial charge in [0.2, 0.25) is 0 Å². The lowest BCUT2D eigenvalue weighted by Crippen LogP contribution is -1.90. The molecular weight excluding hydrogens is 175 g/mol. The van der Waals surface area contributed by atoms with E-state index in [0.717, 1.165) is 6.42 Å². The molecule has 0 aliphatic rings. The van der Waals surface area contributed by atoms with Gasteiger partial charge in [0.15, 0.2) is 0 Å². The molecule has 0 aromatic rings. The van der Waals surface area contributed by atoms with Gasteiger partial charge in [-0.3, -0.25) is 4.79 Å². The number of carboxylic acid groups (broad SMARTS) is 1. The van der Waals surface area contributed by atoms with E-state index in [4.69, 9.17) is 5.11 Å². The minimum absolute atomic E-state index is 0. The topological polar surface area (TPSA) is 37.3 Å². The number of aliphatic carboxylic acids is 1. The number of rotatable bonds is 2. The molecule has 0 rings (SSSR count). The van der Waals surface area contributed by atoms with Gasteiger partial charge in [0.05, 0.1) is 0 Å². The quantitative estimate of drug-likeness (QED) is 0.677. The molecule has 0 aliphatic heterocycles. The summed E-state index contributed by atoms with van der Waals surface area (Å²) < 4.78 is 0. The van der Waals surface area contributed by atoms with Crippen molar-refractivity contribution in [3.63, 3.8) is 0 Å². The Morgan fingerprint density at radius 3 is 1.70 bits per heavy atom. The maximum atomic E-state index is 9.60. The van der Waals surface area contributed by atoms with E-state index in [2.05, 4.69) is 13.2 Å².